The summed E-state index contributed by atoms with van der Waals surface area (Å²) in [6.07, 6.45) is -0.129. The maximum absolute atomic E-state index is 12.5. The maximum atomic E-state index is 12.5. The van der Waals surface area contributed by atoms with Crippen LogP contribution in [0.4, 0.5) is 0 Å². The first-order valence-electron chi connectivity index (χ1n) is 7.29. The number of rotatable bonds is 6. The molecule has 3 aromatic rings. The molecular formula is C17H16NO5P. The van der Waals surface area contributed by atoms with Gasteiger partial charge in [-0.2, -0.15) is 0 Å². The summed E-state index contributed by atoms with van der Waals surface area (Å²) in [7, 11) is -4.16. The van der Waals surface area contributed by atoms with Gasteiger partial charge in [0, 0.05) is 17.1 Å². The number of aromatic nitrogens is 1. The smallest absolute Gasteiger partial charge is 0.338 e. The van der Waals surface area contributed by atoms with Gasteiger partial charge < -0.3 is 15.0 Å². The number of fused-ring (bicyclic) bond motifs is 1. The van der Waals surface area contributed by atoms with E-state index in [1.807, 2.05) is 24.3 Å². The number of hydrogen-bond acceptors (Lipinski definition) is 3. The molecule has 1 aromatic heterocycles. The van der Waals surface area contributed by atoms with E-state index < -0.39 is 19.7 Å². The number of benzene rings is 2. The monoisotopic (exact) mass is 345 g/mol. The van der Waals surface area contributed by atoms with Gasteiger partial charge in [0.05, 0.1) is 6.16 Å². The molecular weight excluding hydrogens is 329 g/mol. The number of carboxylic acids is 1. The fraction of sp³-hybridized carbons (Fsp3) is 0.118. The average Bonchev–Trinajstić information content (AvgIpc) is 2.96. The molecule has 2 unspecified atom stereocenters. The van der Waals surface area contributed by atoms with Crippen LogP contribution in [-0.4, -0.2) is 21.0 Å². The first-order chi connectivity index (χ1) is 11.5. The van der Waals surface area contributed by atoms with Crippen LogP contribution in [0.1, 0.15) is 17.2 Å². The van der Waals surface area contributed by atoms with Crippen molar-refractivity contribution in [1.82, 2.24) is 4.98 Å². The Hall–Kier alpha value is -2.40. The van der Waals surface area contributed by atoms with E-state index in [1.54, 1.807) is 36.5 Å². The molecule has 0 spiro atoms. The number of nitrogens with one attached hydrogen (secondary N) is 1. The summed E-state index contributed by atoms with van der Waals surface area (Å²) in [5.41, 5.74) is 1.76. The Morgan fingerprint density at radius 2 is 1.79 bits per heavy atom. The normalized spacial score (nSPS) is 15.0. The van der Waals surface area contributed by atoms with Gasteiger partial charge in [0.2, 0.25) is 0 Å². The lowest BCUT2D eigenvalue weighted by molar-refractivity contribution is -0.145. The Kier molecular flexibility index (Phi) is 4.53. The number of carbonyl (C=O) groups is 1. The van der Waals surface area contributed by atoms with Gasteiger partial charge in [0.25, 0.3) is 0 Å². The molecule has 0 radical (unpaired) electrons. The Balaban J connectivity index is 1.84. The molecule has 3 N–H and O–H groups in total. The fourth-order valence-electron chi connectivity index (χ4n) is 2.56. The summed E-state index contributed by atoms with van der Waals surface area (Å²) in [6, 6.07) is 15.5. The van der Waals surface area contributed by atoms with Gasteiger partial charge in [0.1, 0.15) is 0 Å². The Morgan fingerprint density at radius 1 is 1.12 bits per heavy atom. The number of aliphatic carboxylic acids is 1. The van der Waals surface area contributed by atoms with Crippen molar-refractivity contribution in [3.63, 3.8) is 0 Å². The van der Waals surface area contributed by atoms with Crippen molar-refractivity contribution in [3.05, 3.63) is 71.9 Å². The number of hydrogen-bond donors (Lipinski definition) is 3. The first kappa shape index (κ1) is 16.5. The maximum Gasteiger partial charge on any atom is 0.338 e. The first-order valence-corrected chi connectivity index (χ1v) is 9.05. The fourth-order valence-corrected chi connectivity index (χ4v) is 3.86. The van der Waals surface area contributed by atoms with Crippen LogP contribution in [0.5, 0.6) is 0 Å². The lowest BCUT2D eigenvalue weighted by atomic mass is 10.1. The van der Waals surface area contributed by atoms with E-state index in [2.05, 4.69) is 4.98 Å². The molecule has 7 heteroatoms. The summed E-state index contributed by atoms with van der Waals surface area (Å²) >= 11 is 0. The van der Waals surface area contributed by atoms with E-state index in [1.165, 1.54) is 0 Å². The van der Waals surface area contributed by atoms with Crippen molar-refractivity contribution in [1.29, 1.82) is 0 Å². The topological polar surface area (TPSA) is 99.6 Å². The van der Waals surface area contributed by atoms with Crippen LogP contribution >= 0.6 is 7.60 Å². The van der Waals surface area contributed by atoms with Crippen LogP contribution in [0, 0.1) is 0 Å². The third-order valence-corrected chi connectivity index (χ3v) is 4.92. The largest absolute Gasteiger partial charge is 0.479 e. The molecule has 0 saturated heterocycles. The van der Waals surface area contributed by atoms with Gasteiger partial charge in [-0.15, -0.1) is 0 Å². The summed E-state index contributed by atoms with van der Waals surface area (Å²) in [5, 5.41) is 10.1. The highest BCUT2D eigenvalue weighted by Crippen LogP contribution is 2.50. The van der Waals surface area contributed by atoms with E-state index >= 15 is 0 Å². The van der Waals surface area contributed by atoms with Crippen molar-refractivity contribution in [2.75, 3.05) is 0 Å². The van der Waals surface area contributed by atoms with Crippen LogP contribution in [0.2, 0.25) is 0 Å². The van der Waals surface area contributed by atoms with Crippen LogP contribution < -0.4 is 0 Å². The zero-order valence-corrected chi connectivity index (χ0v) is 13.5. The Bertz CT molecular complexity index is 905. The molecule has 3 rings (SSSR count). The van der Waals surface area contributed by atoms with Crippen molar-refractivity contribution in [2.45, 2.75) is 12.3 Å². The molecule has 1 heterocycles. The van der Waals surface area contributed by atoms with Gasteiger partial charge in [-0.05, 0) is 17.2 Å². The zero-order valence-electron chi connectivity index (χ0n) is 12.6. The molecule has 0 aliphatic heterocycles. The van der Waals surface area contributed by atoms with Crippen LogP contribution in [0.3, 0.4) is 0 Å². The highest BCUT2D eigenvalue weighted by Gasteiger charge is 2.31. The van der Waals surface area contributed by atoms with Crippen molar-refractivity contribution >= 4 is 24.5 Å². The summed E-state index contributed by atoms with van der Waals surface area (Å²) in [6.45, 7) is 0. The minimum Gasteiger partial charge on any atom is -0.479 e. The predicted octanol–water partition coefficient (Wildman–Crippen LogP) is 3.70. The lowest BCUT2D eigenvalue weighted by Crippen LogP contribution is -2.14. The number of H-pyrrole nitrogens is 1. The average molecular weight is 345 g/mol. The molecule has 0 bridgehead atoms. The lowest BCUT2D eigenvalue weighted by Gasteiger charge is -2.18. The SMILES string of the molecule is O=C(O)C(OP(=O)(O)Cc1c[nH]c2ccccc12)c1ccccc1. The van der Waals surface area contributed by atoms with Gasteiger partial charge in [0.15, 0.2) is 6.10 Å². The van der Waals surface area contributed by atoms with Gasteiger partial charge in [-0.3, -0.25) is 9.09 Å². The third-order valence-electron chi connectivity index (χ3n) is 3.64. The van der Waals surface area contributed by atoms with Crippen molar-refractivity contribution in [2.24, 2.45) is 0 Å². The molecule has 0 amide bonds. The van der Waals surface area contributed by atoms with Crippen molar-refractivity contribution in [3.8, 4) is 0 Å². The molecule has 124 valence electrons. The minimum atomic E-state index is -4.16. The second-order valence-corrected chi connectivity index (χ2v) is 7.19. The van der Waals surface area contributed by atoms with E-state index in [-0.39, 0.29) is 6.16 Å². The minimum absolute atomic E-state index is 0.270. The second-order valence-electron chi connectivity index (χ2n) is 5.39. The van der Waals surface area contributed by atoms with Gasteiger partial charge in [-0.1, -0.05) is 48.5 Å². The van der Waals surface area contributed by atoms with Gasteiger partial charge in [-0.25, -0.2) is 4.79 Å². The molecule has 0 aliphatic rings. The summed E-state index contributed by atoms with van der Waals surface area (Å²) in [5.74, 6) is -1.31. The predicted molar refractivity (Wildman–Crippen MR) is 89.7 cm³/mol. The highest BCUT2D eigenvalue weighted by atomic mass is 31.2. The molecule has 0 aliphatic carbocycles. The highest BCUT2D eigenvalue weighted by molar-refractivity contribution is 7.52. The third kappa shape index (κ3) is 3.57. The summed E-state index contributed by atoms with van der Waals surface area (Å²) in [4.78, 5) is 24.6. The van der Waals surface area contributed by atoms with E-state index in [4.69, 9.17) is 4.52 Å². The molecule has 0 fully saturated rings. The van der Waals surface area contributed by atoms with Gasteiger partial charge >= 0.3 is 13.6 Å². The zero-order chi connectivity index (χ0) is 17.2. The van der Waals surface area contributed by atoms with Crippen LogP contribution in [0.25, 0.3) is 10.9 Å². The quantitative estimate of drug-likeness (QED) is 0.592. The summed E-state index contributed by atoms with van der Waals surface area (Å²) < 4.78 is 17.6. The number of para-hydroxylation sites is 1. The molecule has 2 aromatic carbocycles. The molecule has 24 heavy (non-hydrogen) atoms. The van der Waals surface area contributed by atoms with Crippen molar-refractivity contribution < 1.29 is 23.9 Å². The van der Waals surface area contributed by atoms with E-state index in [0.717, 1.165) is 10.9 Å². The molecule has 2 atom stereocenters. The van der Waals surface area contributed by atoms with E-state index in [9.17, 15) is 19.4 Å². The molecule has 6 nitrogen and oxygen atoms in total. The Morgan fingerprint density at radius 3 is 2.50 bits per heavy atom. The van der Waals surface area contributed by atoms with Crippen LogP contribution in [0.15, 0.2) is 60.8 Å². The standard InChI is InChI=1S/C17H16NO5P/c19-17(20)16(12-6-2-1-3-7-12)23-24(21,22)11-13-10-18-15-9-5-4-8-14(13)15/h1-10,16,18H,11H2,(H,19,20)(H,21,22). The van der Waals surface area contributed by atoms with E-state index in [0.29, 0.717) is 11.1 Å². The number of carboxylic acid groups (broad SMARTS) is 1. The van der Waals surface area contributed by atoms with Crippen LogP contribution in [-0.2, 0) is 20.0 Å². The number of aromatic amines is 1. The molecule has 0 saturated carbocycles. The second kappa shape index (κ2) is 6.61. The Labute approximate surface area is 138 Å².